The van der Waals surface area contributed by atoms with E-state index in [1.807, 2.05) is 19.1 Å². The van der Waals surface area contributed by atoms with E-state index >= 15 is 0 Å². The number of hydrogen-bond acceptors (Lipinski definition) is 5. The van der Waals surface area contributed by atoms with Crippen molar-refractivity contribution in [1.82, 2.24) is 10.5 Å². The number of phenols is 1. The van der Waals surface area contributed by atoms with E-state index in [2.05, 4.69) is 10.5 Å². The minimum Gasteiger partial charge on any atom is -0.507 e. The Labute approximate surface area is 105 Å². The number of ether oxygens (including phenoxy) is 1. The van der Waals surface area contributed by atoms with Crippen LogP contribution in [0.3, 0.4) is 0 Å². The molecule has 0 amide bonds. The average molecular weight is 248 g/mol. The van der Waals surface area contributed by atoms with Gasteiger partial charge >= 0.3 is 0 Å². The van der Waals surface area contributed by atoms with Crippen molar-refractivity contribution in [2.75, 3.05) is 7.11 Å². The fraction of sp³-hybridized carbons (Fsp3) is 0.308. The third kappa shape index (κ3) is 2.81. The molecule has 2 rings (SSSR count). The van der Waals surface area contributed by atoms with E-state index in [9.17, 15) is 5.11 Å². The highest BCUT2D eigenvalue weighted by atomic mass is 16.5. The highest BCUT2D eigenvalue weighted by Gasteiger charge is 2.11. The molecule has 18 heavy (non-hydrogen) atoms. The Morgan fingerprint density at radius 3 is 2.89 bits per heavy atom. The largest absolute Gasteiger partial charge is 0.507 e. The molecular weight excluding hydrogens is 232 g/mol. The lowest BCUT2D eigenvalue weighted by molar-refractivity contribution is 0.363. The van der Waals surface area contributed by atoms with Gasteiger partial charge < -0.3 is 19.7 Å². The van der Waals surface area contributed by atoms with Gasteiger partial charge in [-0.3, -0.25) is 0 Å². The summed E-state index contributed by atoms with van der Waals surface area (Å²) < 4.78 is 10.0. The summed E-state index contributed by atoms with van der Waals surface area (Å²) in [5.74, 6) is 1.61. The zero-order valence-corrected chi connectivity index (χ0v) is 10.4. The van der Waals surface area contributed by atoms with E-state index < -0.39 is 0 Å². The first-order valence-electron chi connectivity index (χ1n) is 5.70. The molecule has 96 valence electrons. The number of hydrogen-bond donors (Lipinski definition) is 2. The first kappa shape index (κ1) is 12.4. The van der Waals surface area contributed by atoms with Crippen molar-refractivity contribution in [3.63, 3.8) is 0 Å². The normalized spacial score (nSPS) is 12.3. The first-order valence-corrected chi connectivity index (χ1v) is 5.70. The van der Waals surface area contributed by atoms with Crippen LogP contribution in [0.1, 0.15) is 24.3 Å². The standard InChI is InChI=1S/C13H16N2O3/c1-9(14-8-11-5-6-15-18-11)12-4-3-10(17-2)7-13(12)16/h3-7,9,14,16H,8H2,1-2H3. The van der Waals surface area contributed by atoms with Crippen LogP contribution >= 0.6 is 0 Å². The second-order valence-electron chi connectivity index (χ2n) is 4.01. The van der Waals surface area contributed by atoms with Crippen LogP contribution in [0.15, 0.2) is 35.0 Å². The van der Waals surface area contributed by atoms with Gasteiger partial charge in [-0.05, 0) is 13.0 Å². The van der Waals surface area contributed by atoms with Gasteiger partial charge in [0.15, 0.2) is 0 Å². The lowest BCUT2D eigenvalue weighted by Gasteiger charge is -2.15. The van der Waals surface area contributed by atoms with Gasteiger partial charge in [-0.25, -0.2) is 0 Å². The van der Waals surface area contributed by atoms with Crippen LogP contribution in [0.4, 0.5) is 0 Å². The minimum absolute atomic E-state index is 0.000932. The van der Waals surface area contributed by atoms with Crippen molar-refractivity contribution in [2.45, 2.75) is 19.5 Å². The van der Waals surface area contributed by atoms with Crippen LogP contribution in [-0.4, -0.2) is 17.4 Å². The molecule has 2 N–H and O–H groups in total. The van der Waals surface area contributed by atoms with Gasteiger partial charge in [0.2, 0.25) is 0 Å². The maximum absolute atomic E-state index is 9.89. The van der Waals surface area contributed by atoms with Crippen molar-refractivity contribution in [3.8, 4) is 11.5 Å². The second-order valence-corrected chi connectivity index (χ2v) is 4.01. The monoisotopic (exact) mass is 248 g/mol. The van der Waals surface area contributed by atoms with Gasteiger partial charge in [-0.1, -0.05) is 11.2 Å². The van der Waals surface area contributed by atoms with Crippen molar-refractivity contribution in [1.29, 1.82) is 0 Å². The van der Waals surface area contributed by atoms with Crippen molar-refractivity contribution in [2.24, 2.45) is 0 Å². The van der Waals surface area contributed by atoms with E-state index in [0.717, 1.165) is 11.3 Å². The summed E-state index contributed by atoms with van der Waals surface area (Å²) in [5, 5.41) is 16.8. The molecule has 1 unspecified atom stereocenters. The molecule has 1 heterocycles. The molecule has 0 aliphatic carbocycles. The number of benzene rings is 1. The zero-order valence-electron chi connectivity index (χ0n) is 10.4. The highest BCUT2D eigenvalue weighted by molar-refractivity contribution is 5.41. The molecule has 5 nitrogen and oxygen atoms in total. The van der Waals surface area contributed by atoms with Crippen LogP contribution in [0.5, 0.6) is 11.5 Å². The summed E-state index contributed by atoms with van der Waals surface area (Å²) in [6, 6.07) is 7.06. The van der Waals surface area contributed by atoms with Gasteiger partial charge in [0.1, 0.15) is 17.3 Å². The Morgan fingerprint density at radius 2 is 2.28 bits per heavy atom. The van der Waals surface area contributed by atoms with Gasteiger partial charge in [0.25, 0.3) is 0 Å². The Bertz CT molecular complexity index is 497. The van der Waals surface area contributed by atoms with Gasteiger partial charge in [-0.15, -0.1) is 0 Å². The Morgan fingerprint density at radius 1 is 1.44 bits per heavy atom. The third-order valence-electron chi connectivity index (χ3n) is 2.78. The average Bonchev–Trinajstić information content (AvgIpc) is 2.88. The number of nitrogens with zero attached hydrogens (tertiary/aromatic N) is 1. The summed E-state index contributed by atoms with van der Waals surface area (Å²) in [6.07, 6.45) is 1.60. The first-order chi connectivity index (χ1) is 8.70. The molecule has 1 aromatic carbocycles. The van der Waals surface area contributed by atoms with Crippen LogP contribution in [0.2, 0.25) is 0 Å². The molecule has 0 aliphatic rings. The molecule has 0 radical (unpaired) electrons. The topological polar surface area (TPSA) is 67.5 Å². The molecule has 5 heteroatoms. The zero-order chi connectivity index (χ0) is 13.0. The maximum atomic E-state index is 9.89. The van der Waals surface area contributed by atoms with E-state index in [1.54, 1.807) is 25.4 Å². The molecule has 2 aromatic rings. The summed E-state index contributed by atoms with van der Waals surface area (Å²) in [4.78, 5) is 0. The lowest BCUT2D eigenvalue weighted by atomic mass is 10.1. The predicted octanol–water partition coefficient (Wildman–Crippen LogP) is 2.24. The smallest absolute Gasteiger partial charge is 0.150 e. The van der Waals surface area contributed by atoms with Gasteiger partial charge in [0.05, 0.1) is 19.9 Å². The van der Waals surface area contributed by atoms with Crippen LogP contribution in [-0.2, 0) is 6.54 Å². The fourth-order valence-electron chi connectivity index (χ4n) is 1.71. The van der Waals surface area contributed by atoms with Gasteiger partial charge in [-0.2, -0.15) is 0 Å². The van der Waals surface area contributed by atoms with Crippen molar-refractivity contribution < 1.29 is 14.4 Å². The summed E-state index contributed by atoms with van der Waals surface area (Å²) in [6.45, 7) is 2.53. The molecule has 0 saturated heterocycles. The van der Waals surface area contributed by atoms with E-state index in [-0.39, 0.29) is 11.8 Å². The predicted molar refractivity (Wildman–Crippen MR) is 66.4 cm³/mol. The number of rotatable bonds is 5. The molecule has 0 saturated carbocycles. The quantitative estimate of drug-likeness (QED) is 0.849. The van der Waals surface area contributed by atoms with Crippen LogP contribution < -0.4 is 10.1 Å². The second kappa shape index (κ2) is 5.55. The third-order valence-corrected chi connectivity index (χ3v) is 2.78. The molecule has 1 aromatic heterocycles. The highest BCUT2D eigenvalue weighted by Crippen LogP contribution is 2.28. The summed E-state index contributed by atoms with van der Waals surface area (Å²) >= 11 is 0. The number of aromatic nitrogens is 1. The lowest BCUT2D eigenvalue weighted by Crippen LogP contribution is -2.17. The summed E-state index contributed by atoms with van der Waals surface area (Å²) in [7, 11) is 1.57. The molecular formula is C13H16N2O3. The Kier molecular flexibility index (Phi) is 3.84. The van der Waals surface area contributed by atoms with E-state index in [0.29, 0.717) is 12.3 Å². The minimum atomic E-state index is 0.000932. The number of nitrogens with one attached hydrogen (secondary N) is 1. The van der Waals surface area contributed by atoms with Gasteiger partial charge in [0, 0.05) is 23.7 Å². The molecule has 0 fully saturated rings. The molecule has 0 spiro atoms. The Hall–Kier alpha value is -2.01. The molecule has 0 aliphatic heterocycles. The number of aromatic hydroxyl groups is 1. The Balaban J connectivity index is 2.02. The maximum Gasteiger partial charge on any atom is 0.150 e. The molecule has 0 bridgehead atoms. The van der Waals surface area contributed by atoms with E-state index in [1.165, 1.54) is 0 Å². The van der Waals surface area contributed by atoms with Crippen LogP contribution in [0, 0.1) is 0 Å². The molecule has 1 atom stereocenters. The number of phenolic OH excluding ortho intramolecular Hbond substituents is 1. The van der Waals surface area contributed by atoms with Crippen molar-refractivity contribution in [3.05, 3.63) is 41.8 Å². The van der Waals surface area contributed by atoms with Crippen molar-refractivity contribution >= 4 is 0 Å². The summed E-state index contributed by atoms with van der Waals surface area (Å²) in [5.41, 5.74) is 0.815. The van der Waals surface area contributed by atoms with E-state index in [4.69, 9.17) is 9.26 Å². The van der Waals surface area contributed by atoms with Crippen LogP contribution in [0.25, 0.3) is 0 Å². The fourth-order valence-corrected chi connectivity index (χ4v) is 1.71. The number of methoxy groups -OCH3 is 1. The SMILES string of the molecule is COc1ccc(C(C)NCc2ccno2)c(O)c1.